The number of nitrogens with one attached hydrogen (secondary N) is 2. The van der Waals surface area contributed by atoms with Crippen LogP contribution in [0.2, 0.25) is 0 Å². The van der Waals surface area contributed by atoms with E-state index in [9.17, 15) is 14.9 Å². The van der Waals surface area contributed by atoms with Crippen molar-refractivity contribution in [2.75, 3.05) is 0 Å². The van der Waals surface area contributed by atoms with Gasteiger partial charge < -0.3 is 9.88 Å². The van der Waals surface area contributed by atoms with Crippen molar-refractivity contribution in [1.29, 1.82) is 0 Å². The van der Waals surface area contributed by atoms with Crippen LogP contribution in [0.3, 0.4) is 0 Å². The molecule has 1 atom stereocenters. The molecular weight excluding hydrogens is 324 g/mol. The summed E-state index contributed by atoms with van der Waals surface area (Å²) in [6, 6.07) is 7.22. The van der Waals surface area contributed by atoms with Gasteiger partial charge in [-0.05, 0) is 31.5 Å². The van der Waals surface area contributed by atoms with E-state index in [1.807, 2.05) is 35.0 Å². The lowest BCUT2D eigenvalue weighted by Crippen LogP contribution is -2.27. The second kappa shape index (κ2) is 6.56. The topological polar surface area (TPSA) is 119 Å². The van der Waals surface area contributed by atoms with Gasteiger partial charge in [0.05, 0.1) is 17.3 Å². The summed E-state index contributed by atoms with van der Waals surface area (Å²) in [7, 11) is 0. The molecule has 1 aromatic carbocycles. The molecule has 25 heavy (non-hydrogen) atoms. The normalized spacial score (nSPS) is 11.9. The van der Waals surface area contributed by atoms with E-state index in [1.165, 1.54) is 6.92 Å². The Morgan fingerprint density at radius 2 is 2.24 bits per heavy atom. The summed E-state index contributed by atoms with van der Waals surface area (Å²) in [5.41, 5.74) is 1.47. The number of amides is 1. The summed E-state index contributed by atoms with van der Waals surface area (Å²) < 4.78 is 1.85. The molecule has 0 spiro atoms. The average Bonchev–Trinajstić information content (AvgIpc) is 3.24. The highest BCUT2D eigenvalue weighted by atomic mass is 16.6. The van der Waals surface area contributed by atoms with Crippen LogP contribution < -0.4 is 5.32 Å². The minimum absolute atomic E-state index is 0.222. The number of benzene rings is 1. The number of carbonyl (C=O) groups is 1. The van der Waals surface area contributed by atoms with Crippen molar-refractivity contribution >= 4 is 11.6 Å². The van der Waals surface area contributed by atoms with Crippen molar-refractivity contribution in [3.05, 3.63) is 70.1 Å². The Morgan fingerprint density at radius 3 is 2.92 bits per heavy atom. The van der Waals surface area contributed by atoms with Crippen molar-refractivity contribution < 1.29 is 9.72 Å². The Hall–Kier alpha value is -3.49. The number of nitro groups is 1. The van der Waals surface area contributed by atoms with Gasteiger partial charge in [0, 0.05) is 18.1 Å². The maximum atomic E-state index is 12.4. The van der Waals surface area contributed by atoms with Gasteiger partial charge in [0.2, 0.25) is 5.69 Å². The molecule has 0 aliphatic carbocycles. The zero-order chi connectivity index (χ0) is 18.0. The van der Waals surface area contributed by atoms with Crippen LogP contribution in [0.25, 0.3) is 5.69 Å². The summed E-state index contributed by atoms with van der Waals surface area (Å²) in [6.45, 7) is 3.30. The number of aromatic amines is 1. The van der Waals surface area contributed by atoms with Gasteiger partial charge in [-0.25, -0.2) is 4.98 Å². The second-order valence-corrected chi connectivity index (χ2v) is 5.56. The second-order valence-electron chi connectivity index (χ2n) is 5.56. The SMILES string of the molecule is Cc1[nH]nc(C(=O)N[C@@H](C)c2cccc(-n3ccnc3)c2)c1[N+](=O)[O-]. The van der Waals surface area contributed by atoms with Crippen LogP contribution in [0.5, 0.6) is 0 Å². The molecule has 0 saturated carbocycles. The highest BCUT2D eigenvalue weighted by molar-refractivity contribution is 5.96. The Labute approximate surface area is 142 Å². The molecule has 9 heteroatoms. The number of aromatic nitrogens is 4. The molecule has 3 rings (SSSR count). The van der Waals surface area contributed by atoms with Gasteiger partial charge in [-0.2, -0.15) is 5.10 Å². The van der Waals surface area contributed by atoms with E-state index >= 15 is 0 Å². The number of carbonyl (C=O) groups excluding carboxylic acids is 1. The molecule has 2 N–H and O–H groups in total. The first-order valence-corrected chi connectivity index (χ1v) is 7.56. The quantitative estimate of drug-likeness (QED) is 0.545. The molecule has 1 amide bonds. The molecule has 0 bridgehead atoms. The first-order chi connectivity index (χ1) is 12.0. The van der Waals surface area contributed by atoms with Gasteiger partial charge in [-0.15, -0.1) is 0 Å². The van der Waals surface area contributed by atoms with Crippen LogP contribution >= 0.6 is 0 Å². The van der Waals surface area contributed by atoms with E-state index in [0.29, 0.717) is 0 Å². The largest absolute Gasteiger partial charge is 0.344 e. The first kappa shape index (κ1) is 16.4. The van der Waals surface area contributed by atoms with Crippen molar-refractivity contribution in [3.63, 3.8) is 0 Å². The summed E-state index contributed by atoms with van der Waals surface area (Å²) in [6.07, 6.45) is 5.17. The Kier molecular flexibility index (Phi) is 4.29. The van der Waals surface area contributed by atoms with Crippen LogP contribution in [0.4, 0.5) is 5.69 Å². The third-order valence-corrected chi connectivity index (χ3v) is 3.83. The third-order valence-electron chi connectivity index (χ3n) is 3.83. The number of hydrogen-bond donors (Lipinski definition) is 2. The number of imidazole rings is 1. The minimum Gasteiger partial charge on any atom is -0.344 e. The molecule has 0 fully saturated rings. The Morgan fingerprint density at radius 1 is 1.44 bits per heavy atom. The molecule has 0 saturated heterocycles. The Bertz CT molecular complexity index is 916. The maximum absolute atomic E-state index is 12.4. The minimum atomic E-state index is -0.613. The summed E-state index contributed by atoms with van der Waals surface area (Å²) in [4.78, 5) is 26.9. The van der Waals surface area contributed by atoms with E-state index in [4.69, 9.17) is 0 Å². The predicted octanol–water partition coefficient (Wildman–Crippen LogP) is 2.30. The number of rotatable bonds is 5. The van der Waals surface area contributed by atoms with Crippen molar-refractivity contribution in [3.8, 4) is 5.69 Å². The molecule has 9 nitrogen and oxygen atoms in total. The fraction of sp³-hybridized carbons (Fsp3) is 0.188. The highest BCUT2D eigenvalue weighted by Crippen LogP contribution is 2.22. The molecule has 0 aliphatic rings. The molecule has 0 unspecified atom stereocenters. The third kappa shape index (κ3) is 3.25. The van der Waals surface area contributed by atoms with Gasteiger partial charge in [-0.1, -0.05) is 12.1 Å². The van der Waals surface area contributed by atoms with Crippen molar-refractivity contribution in [2.45, 2.75) is 19.9 Å². The zero-order valence-electron chi connectivity index (χ0n) is 13.6. The van der Waals surface area contributed by atoms with Crippen molar-refractivity contribution in [2.24, 2.45) is 0 Å². The molecule has 0 aliphatic heterocycles. The van der Waals surface area contributed by atoms with Crippen molar-refractivity contribution in [1.82, 2.24) is 25.1 Å². The molecular formula is C16H16N6O3. The van der Waals surface area contributed by atoms with Crippen LogP contribution in [-0.4, -0.2) is 30.6 Å². The lowest BCUT2D eigenvalue weighted by Gasteiger charge is -2.14. The highest BCUT2D eigenvalue weighted by Gasteiger charge is 2.28. The van der Waals surface area contributed by atoms with Crippen LogP contribution in [0.15, 0.2) is 43.0 Å². The fourth-order valence-electron chi connectivity index (χ4n) is 2.52. The number of H-pyrrole nitrogens is 1. The number of aryl methyl sites for hydroxylation is 1. The summed E-state index contributed by atoms with van der Waals surface area (Å²) in [5, 5.41) is 20.1. The van der Waals surface area contributed by atoms with Gasteiger partial charge in [0.1, 0.15) is 5.69 Å². The zero-order valence-corrected chi connectivity index (χ0v) is 13.6. The van der Waals surface area contributed by atoms with Gasteiger partial charge in [-0.3, -0.25) is 20.0 Å². The van der Waals surface area contributed by atoms with Gasteiger partial charge in [0.15, 0.2) is 0 Å². The number of nitrogens with zero attached hydrogens (tertiary/aromatic N) is 4. The maximum Gasteiger partial charge on any atom is 0.322 e. The molecule has 2 aromatic heterocycles. The van der Waals surface area contributed by atoms with E-state index in [-0.39, 0.29) is 23.1 Å². The standard InChI is InChI=1S/C16H16N6O3/c1-10(12-4-3-5-13(8-12)21-7-6-17-9-21)18-16(23)14-15(22(24)25)11(2)19-20-14/h3-10H,1-2H3,(H,18,23)(H,19,20)/t10-/m0/s1. The lowest BCUT2D eigenvalue weighted by molar-refractivity contribution is -0.385. The predicted molar refractivity (Wildman–Crippen MR) is 89.4 cm³/mol. The average molecular weight is 340 g/mol. The van der Waals surface area contributed by atoms with E-state index in [0.717, 1.165) is 11.3 Å². The monoisotopic (exact) mass is 340 g/mol. The summed E-state index contributed by atoms with van der Waals surface area (Å²) in [5.74, 6) is -0.600. The smallest absolute Gasteiger partial charge is 0.322 e. The molecule has 3 aromatic rings. The summed E-state index contributed by atoms with van der Waals surface area (Å²) >= 11 is 0. The van der Waals surface area contributed by atoms with E-state index in [1.54, 1.807) is 19.4 Å². The molecule has 2 heterocycles. The number of hydrogen-bond acceptors (Lipinski definition) is 5. The Balaban J connectivity index is 1.81. The van der Waals surface area contributed by atoms with Gasteiger partial charge >= 0.3 is 5.69 Å². The van der Waals surface area contributed by atoms with E-state index < -0.39 is 10.8 Å². The van der Waals surface area contributed by atoms with Crippen LogP contribution in [0, 0.1) is 17.0 Å². The lowest BCUT2D eigenvalue weighted by atomic mass is 10.1. The fourth-order valence-corrected chi connectivity index (χ4v) is 2.52. The van der Waals surface area contributed by atoms with E-state index in [2.05, 4.69) is 20.5 Å². The first-order valence-electron chi connectivity index (χ1n) is 7.56. The molecule has 128 valence electrons. The van der Waals surface area contributed by atoms with Crippen LogP contribution in [0.1, 0.15) is 34.7 Å². The van der Waals surface area contributed by atoms with Gasteiger partial charge in [0.25, 0.3) is 5.91 Å². The molecule has 0 radical (unpaired) electrons. The van der Waals surface area contributed by atoms with Crippen LogP contribution in [-0.2, 0) is 0 Å².